The number of aromatic hydroxyl groups is 1. The first-order valence-electron chi connectivity index (χ1n) is 5.45. The first-order valence-corrected chi connectivity index (χ1v) is 5.45. The number of non-ortho nitro benzene ring substituents is 1. The van der Waals surface area contributed by atoms with Crippen LogP contribution in [0.2, 0.25) is 0 Å². The summed E-state index contributed by atoms with van der Waals surface area (Å²) in [6.45, 7) is 0. The molecule has 102 valence electrons. The molecule has 0 saturated heterocycles. The van der Waals surface area contributed by atoms with E-state index in [4.69, 9.17) is 0 Å². The molecular formula is C12H9N3O5. The van der Waals surface area contributed by atoms with Gasteiger partial charge in [-0.05, 0) is 12.1 Å². The number of phenols is 1. The van der Waals surface area contributed by atoms with E-state index in [2.05, 4.69) is 10.3 Å². The lowest BCUT2D eigenvalue weighted by atomic mass is 10.2. The van der Waals surface area contributed by atoms with Gasteiger partial charge >= 0.3 is 0 Å². The van der Waals surface area contributed by atoms with E-state index in [0.717, 1.165) is 12.1 Å². The second kappa shape index (κ2) is 5.22. The number of nitro groups is 1. The van der Waals surface area contributed by atoms with Gasteiger partial charge in [0, 0.05) is 12.1 Å². The highest BCUT2D eigenvalue weighted by molar-refractivity contribution is 6.03. The van der Waals surface area contributed by atoms with Gasteiger partial charge in [-0.15, -0.1) is 0 Å². The Bertz CT molecular complexity index is 738. The molecule has 2 rings (SSSR count). The monoisotopic (exact) mass is 275 g/mol. The molecule has 1 amide bonds. The average Bonchev–Trinajstić information content (AvgIpc) is 2.40. The molecule has 3 N–H and O–H groups in total. The Morgan fingerprint density at radius 3 is 2.65 bits per heavy atom. The quantitative estimate of drug-likeness (QED) is 0.441. The van der Waals surface area contributed by atoms with E-state index in [1.165, 1.54) is 24.3 Å². The van der Waals surface area contributed by atoms with Gasteiger partial charge in [0.25, 0.3) is 11.6 Å². The van der Waals surface area contributed by atoms with Crippen LogP contribution in [0.15, 0.2) is 41.2 Å². The van der Waals surface area contributed by atoms with Crippen molar-refractivity contribution in [3.63, 3.8) is 0 Å². The Kier molecular flexibility index (Phi) is 3.47. The van der Waals surface area contributed by atoms with Crippen LogP contribution in [0.3, 0.4) is 0 Å². The molecular weight excluding hydrogens is 266 g/mol. The van der Waals surface area contributed by atoms with Crippen LogP contribution in [0.25, 0.3) is 0 Å². The molecule has 0 atom stereocenters. The van der Waals surface area contributed by atoms with E-state index in [1.54, 1.807) is 0 Å². The third-order valence-electron chi connectivity index (χ3n) is 2.45. The summed E-state index contributed by atoms with van der Waals surface area (Å²) in [5.41, 5.74) is -0.722. The number of nitro benzene ring substituents is 1. The van der Waals surface area contributed by atoms with Crippen molar-refractivity contribution in [1.82, 2.24) is 4.98 Å². The SMILES string of the molecule is O=C(Nc1ccc([N+](=O)[O-])cc1O)c1cccc(=O)[nH]1. The third-order valence-corrected chi connectivity index (χ3v) is 2.45. The lowest BCUT2D eigenvalue weighted by Gasteiger charge is -2.06. The van der Waals surface area contributed by atoms with Crippen molar-refractivity contribution >= 4 is 17.3 Å². The van der Waals surface area contributed by atoms with Crippen molar-refractivity contribution in [1.29, 1.82) is 0 Å². The zero-order valence-corrected chi connectivity index (χ0v) is 9.99. The summed E-state index contributed by atoms with van der Waals surface area (Å²) in [5.74, 6) is -1.09. The predicted octanol–water partition coefficient (Wildman–Crippen LogP) is 1.24. The number of anilines is 1. The summed E-state index contributed by atoms with van der Waals surface area (Å²) in [7, 11) is 0. The summed E-state index contributed by atoms with van der Waals surface area (Å²) in [6, 6.07) is 7.31. The van der Waals surface area contributed by atoms with E-state index in [0.29, 0.717) is 0 Å². The maximum Gasteiger partial charge on any atom is 0.273 e. The minimum absolute atomic E-state index is 0.00491. The molecule has 2 aromatic rings. The summed E-state index contributed by atoms with van der Waals surface area (Å²) in [6.07, 6.45) is 0. The summed E-state index contributed by atoms with van der Waals surface area (Å²) in [5, 5.41) is 22.5. The molecule has 8 nitrogen and oxygen atoms in total. The molecule has 0 radical (unpaired) electrons. The Labute approximate surface area is 111 Å². The fraction of sp³-hybridized carbons (Fsp3) is 0. The van der Waals surface area contributed by atoms with Crippen LogP contribution in [0.1, 0.15) is 10.5 Å². The molecule has 0 bridgehead atoms. The molecule has 0 aliphatic rings. The minimum atomic E-state index is -0.667. The fourth-order valence-corrected chi connectivity index (χ4v) is 1.51. The highest BCUT2D eigenvalue weighted by atomic mass is 16.6. The molecule has 0 fully saturated rings. The van der Waals surface area contributed by atoms with Crippen LogP contribution < -0.4 is 10.9 Å². The maximum absolute atomic E-state index is 11.8. The van der Waals surface area contributed by atoms with Gasteiger partial charge in [0.05, 0.1) is 16.7 Å². The van der Waals surface area contributed by atoms with Gasteiger partial charge in [-0.25, -0.2) is 0 Å². The Hall–Kier alpha value is -3.16. The number of hydrogen-bond acceptors (Lipinski definition) is 5. The number of aromatic nitrogens is 1. The largest absolute Gasteiger partial charge is 0.506 e. The predicted molar refractivity (Wildman–Crippen MR) is 69.8 cm³/mol. The van der Waals surface area contributed by atoms with Gasteiger partial charge < -0.3 is 15.4 Å². The minimum Gasteiger partial charge on any atom is -0.506 e. The van der Waals surface area contributed by atoms with Gasteiger partial charge in [0.2, 0.25) is 5.56 Å². The zero-order valence-electron chi connectivity index (χ0n) is 9.99. The number of nitrogens with one attached hydrogen (secondary N) is 2. The molecule has 0 aliphatic carbocycles. The molecule has 20 heavy (non-hydrogen) atoms. The molecule has 1 aromatic heterocycles. The third kappa shape index (κ3) is 2.80. The topological polar surface area (TPSA) is 125 Å². The van der Waals surface area contributed by atoms with Crippen molar-refractivity contribution < 1.29 is 14.8 Å². The Morgan fingerprint density at radius 1 is 1.30 bits per heavy atom. The number of hydrogen-bond donors (Lipinski definition) is 3. The van der Waals surface area contributed by atoms with Crippen LogP contribution >= 0.6 is 0 Å². The van der Waals surface area contributed by atoms with Crippen LogP contribution in [0, 0.1) is 10.1 Å². The number of phenolic OH excluding ortho intramolecular Hbond substituents is 1. The second-order valence-corrected chi connectivity index (χ2v) is 3.84. The molecule has 0 saturated carbocycles. The number of pyridine rings is 1. The van der Waals surface area contributed by atoms with E-state index in [1.807, 2.05) is 0 Å². The lowest BCUT2D eigenvalue weighted by Crippen LogP contribution is -2.17. The molecule has 0 aliphatic heterocycles. The molecule has 1 aromatic carbocycles. The number of aromatic amines is 1. The van der Waals surface area contributed by atoms with Gasteiger partial charge in [0.15, 0.2) is 0 Å². The second-order valence-electron chi connectivity index (χ2n) is 3.84. The van der Waals surface area contributed by atoms with Crippen molar-refractivity contribution in [3.8, 4) is 5.75 Å². The maximum atomic E-state index is 11.8. The van der Waals surface area contributed by atoms with Crippen molar-refractivity contribution in [2.24, 2.45) is 0 Å². The van der Waals surface area contributed by atoms with E-state index >= 15 is 0 Å². The molecule has 8 heteroatoms. The molecule has 1 heterocycles. The number of H-pyrrole nitrogens is 1. The van der Waals surface area contributed by atoms with Crippen LogP contribution in [0.5, 0.6) is 5.75 Å². The Balaban J connectivity index is 2.24. The first kappa shape index (κ1) is 13.3. The van der Waals surface area contributed by atoms with Gasteiger partial charge in [-0.1, -0.05) is 6.07 Å². The van der Waals surface area contributed by atoms with Crippen molar-refractivity contribution in [2.75, 3.05) is 5.32 Å². The zero-order chi connectivity index (χ0) is 14.7. The number of nitrogens with zero attached hydrogens (tertiary/aromatic N) is 1. The number of rotatable bonds is 3. The normalized spacial score (nSPS) is 10.0. The van der Waals surface area contributed by atoms with E-state index in [9.17, 15) is 24.8 Å². The lowest BCUT2D eigenvalue weighted by molar-refractivity contribution is -0.384. The number of amides is 1. The Morgan fingerprint density at radius 2 is 2.05 bits per heavy atom. The van der Waals surface area contributed by atoms with Crippen LogP contribution in [-0.4, -0.2) is 20.9 Å². The number of benzene rings is 1. The average molecular weight is 275 g/mol. The number of carbonyl (C=O) groups excluding carboxylic acids is 1. The number of carbonyl (C=O) groups is 1. The van der Waals surface area contributed by atoms with E-state index in [-0.39, 0.29) is 17.1 Å². The van der Waals surface area contributed by atoms with Gasteiger partial charge in [0.1, 0.15) is 11.4 Å². The highest BCUT2D eigenvalue weighted by Gasteiger charge is 2.13. The fourth-order valence-electron chi connectivity index (χ4n) is 1.51. The summed E-state index contributed by atoms with van der Waals surface area (Å²) in [4.78, 5) is 35.1. The summed E-state index contributed by atoms with van der Waals surface area (Å²) >= 11 is 0. The smallest absolute Gasteiger partial charge is 0.273 e. The van der Waals surface area contributed by atoms with Crippen LogP contribution in [-0.2, 0) is 0 Å². The van der Waals surface area contributed by atoms with Gasteiger partial charge in [-0.3, -0.25) is 19.7 Å². The van der Waals surface area contributed by atoms with Gasteiger partial charge in [-0.2, -0.15) is 0 Å². The van der Waals surface area contributed by atoms with Crippen molar-refractivity contribution in [2.45, 2.75) is 0 Å². The summed E-state index contributed by atoms with van der Waals surface area (Å²) < 4.78 is 0. The standard InChI is InChI=1S/C12H9N3O5/c16-10-6-7(15(19)20)4-5-8(10)14-12(18)9-2-1-3-11(17)13-9/h1-6,16H,(H,13,17)(H,14,18). The van der Waals surface area contributed by atoms with Crippen LogP contribution in [0.4, 0.5) is 11.4 Å². The highest BCUT2D eigenvalue weighted by Crippen LogP contribution is 2.27. The first-order chi connectivity index (χ1) is 9.47. The van der Waals surface area contributed by atoms with Crippen molar-refractivity contribution in [3.05, 3.63) is 62.6 Å². The van der Waals surface area contributed by atoms with E-state index < -0.39 is 22.1 Å². The molecule has 0 unspecified atom stereocenters. The molecule has 0 spiro atoms.